The van der Waals surface area contributed by atoms with E-state index in [-0.39, 0.29) is 5.91 Å². The number of hydrogen-bond acceptors (Lipinski definition) is 9. The molecule has 3 aromatic rings. The Labute approximate surface area is 192 Å². The number of methoxy groups -OCH3 is 1. The Morgan fingerprint density at radius 3 is 2.71 bits per heavy atom. The van der Waals surface area contributed by atoms with Crippen LogP contribution in [0.5, 0.6) is 0 Å². The molecule has 7 nitrogen and oxygen atoms in total. The summed E-state index contributed by atoms with van der Waals surface area (Å²) in [6, 6.07) is 10.4. The van der Waals surface area contributed by atoms with Crippen LogP contribution < -0.4 is 11.1 Å². The first-order valence-electron chi connectivity index (χ1n) is 9.80. The van der Waals surface area contributed by atoms with Crippen LogP contribution in [0.25, 0.3) is 0 Å². The molecule has 10 heteroatoms. The Morgan fingerprint density at radius 1 is 1.26 bits per heavy atom. The third-order valence-electron chi connectivity index (χ3n) is 5.23. The Bertz CT molecular complexity index is 1100. The van der Waals surface area contributed by atoms with Gasteiger partial charge in [0.2, 0.25) is 11.0 Å². The zero-order valence-electron chi connectivity index (χ0n) is 17.1. The van der Waals surface area contributed by atoms with E-state index < -0.39 is 11.2 Å². The van der Waals surface area contributed by atoms with Gasteiger partial charge in [0.1, 0.15) is 5.00 Å². The Kier molecular flexibility index (Phi) is 6.59. The topological polar surface area (TPSA) is 107 Å². The van der Waals surface area contributed by atoms with Crippen molar-refractivity contribution >= 4 is 56.4 Å². The summed E-state index contributed by atoms with van der Waals surface area (Å²) in [4.78, 5) is 26.5. The van der Waals surface area contributed by atoms with Crippen LogP contribution in [-0.4, -0.2) is 34.4 Å². The summed E-state index contributed by atoms with van der Waals surface area (Å²) in [5, 5.41) is 11.2. The SMILES string of the molecule is COC(=O)c1c(NC(=O)C(C)Sc2nnc(N)s2)sc2c1CCC(c1ccccc1)C2. The highest BCUT2D eigenvalue weighted by Gasteiger charge is 2.31. The number of nitrogen functional groups attached to an aromatic ring is 1. The van der Waals surface area contributed by atoms with E-state index >= 15 is 0 Å². The maximum Gasteiger partial charge on any atom is 0.341 e. The number of fused-ring (bicyclic) bond motifs is 1. The number of carbonyl (C=O) groups excluding carboxylic acids is 2. The maximum absolute atomic E-state index is 12.8. The van der Waals surface area contributed by atoms with Crippen molar-refractivity contribution in [3.05, 3.63) is 51.9 Å². The van der Waals surface area contributed by atoms with Gasteiger partial charge in [0, 0.05) is 4.88 Å². The van der Waals surface area contributed by atoms with Crippen LogP contribution in [0, 0.1) is 0 Å². The monoisotopic (exact) mass is 474 g/mol. The third-order valence-corrected chi connectivity index (χ3v) is 8.34. The highest BCUT2D eigenvalue weighted by atomic mass is 32.2. The summed E-state index contributed by atoms with van der Waals surface area (Å²) in [5.74, 6) is -0.218. The van der Waals surface area contributed by atoms with E-state index in [1.165, 1.54) is 47.1 Å². The minimum atomic E-state index is -0.422. The Hall–Kier alpha value is -2.43. The van der Waals surface area contributed by atoms with E-state index in [0.717, 1.165) is 29.7 Å². The van der Waals surface area contributed by atoms with Gasteiger partial charge in [-0.25, -0.2) is 4.79 Å². The van der Waals surface area contributed by atoms with E-state index in [1.807, 2.05) is 6.07 Å². The average Bonchev–Trinajstić information content (AvgIpc) is 3.35. The molecule has 1 amide bonds. The number of anilines is 2. The average molecular weight is 475 g/mol. The van der Waals surface area contributed by atoms with Crippen LogP contribution in [0.4, 0.5) is 10.1 Å². The van der Waals surface area contributed by atoms with Crippen LogP contribution in [-0.2, 0) is 22.4 Å². The van der Waals surface area contributed by atoms with Crippen molar-refractivity contribution in [3.63, 3.8) is 0 Å². The van der Waals surface area contributed by atoms with Crippen molar-refractivity contribution in [2.24, 2.45) is 0 Å². The number of amides is 1. The van der Waals surface area contributed by atoms with Crippen LogP contribution in [0.1, 0.15) is 45.6 Å². The molecular formula is C21H22N4O3S3. The molecule has 2 heterocycles. The molecule has 0 radical (unpaired) electrons. The number of aromatic nitrogens is 2. The summed E-state index contributed by atoms with van der Waals surface area (Å²) in [5.41, 5.74) is 8.39. The molecule has 1 aliphatic carbocycles. The second-order valence-electron chi connectivity index (χ2n) is 7.21. The summed E-state index contributed by atoms with van der Waals surface area (Å²) >= 11 is 4.00. The van der Waals surface area contributed by atoms with Crippen molar-refractivity contribution in [3.8, 4) is 0 Å². The summed E-state index contributed by atoms with van der Waals surface area (Å²) in [6.45, 7) is 1.79. The highest BCUT2D eigenvalue weighted by Crippen LogP contribution is 2.43. The number of ether oxygens (including phenoxy) is 1. The van der Waals surface area contributed by atoms with Gasteiger partial charge in [-0.05, 0) is 43.2 Å². The van der Waals surface area contributed by atoms with Crippen molar-refractivity contribution in [2.75, 3.05) is 18.2 Å². The van der Waals surface area contributed by atoms with Crippen molar-refractivity contribution in [1.82, 2.24) is 10.2 Å². The lowest BCUT2D eigenvalue weighted by atomic mass is 9.83. The fourth-order valence-electron chi connectivity index (χ4n) is 3.69. The minimum absolute atomic E-state index is 0.206. The Balaban J connectivity index is 1.55. The molecule has 2 atom stereocenters. The fourth-order valence-corrected chi connectivity index (χ4v) is 6.79. The van der Waals surface area contributed by atoms with E-state index in [2.05, 4.69) is 39.8 Å². The molecule has 0 saturated heterocycles. The van der Waals surface area contributed by atoms with E-state index in [0.29, 0.717) is 26.0 Å². The van der Waals surface area contributed by atoms with Gasteiger partial charge in [0.25, 0.3) is 0 Å². The molecule has 2 aromatic heterocycles. The first kappa shape index (κ1) is 21.8. The molecule has 3 N–H and O–H groups in total. The smallest absolute Gasteiger partial charge is 0.341 e. The molecule has 1 aromatic carbocycles. The standard InChI is InChI=1S/C21H22N4O3S3/c1-11(29-21-25-24-20(22)31-21)17(26)23-18-16(19(27)28-2)14-9-8-13(10-15(14)30-18)12-6-4-3-5-7-12/h3-7,11,13H,8-10H2,1-2H3,(H2,22,24)(H,23,26). The van der Waals surface area contributed by atoms with Crippen LogP contribution >= 0.6 is 34.4 Å². The molecular weight excluding hydrogens is 452 g/mol. The van der Waals surface area contributed by atoms with Gasteiger partial charge in [0.05, 0.1) is 17.9 Å². The maximum atomic E-state index is 12.8. The van der Waals surface area contributed by atoms with Gasteiger partial charge in [-0.2, -0.15) is 0 Å². The molecule has 0 fully saturated rings. The number of carbonyl (C=O) groups is 2. The number of nitrogens with one attached hydrogen (secondary N) is 1. The van der Waals surface area contributed by atoms with Crippen LogP contribution in [0.2, 0.25) is 0 Å². The van der Waals surface area contributed by atoms with E-state index in [9.17, 15) is 9.59 Å². The van der Waals surface area contributed by atoms with E-state index in [1.54, 1.807) is 6.92 Å². The zero-order chi connectivity index (χ0) is 22.0. The van der Waals surface area contributed by atoms with Gasteiger partial charge in [0.15, 0.2) is 4.34 Å². The molecule has 31 heavy (non-hydrogen) atoms. The molecule has 2 unspecified atom stereocenters. The number of nitrogens with zero attached hydrogens (tertiary/aromatic N) is 2. The lowest BCUT2D eigenvalue weighted by Gasteiger charge is -2.22. The highest BCUT2D eigenvalue weighted by molar-refractivity contribution is 8.02. The van der Waals surface area contributed by atoms with Gasteiger partial charge in [-0.3, -0.25) is 4.79 Å². The van der Waals surface area contributed by atoms with Gasteiger partial charge in [-0.1, -0.05) is 53.4 Å². The number of rotatable bonds is 6. The van der Waals surface area contributed by atoms with Gasteiger partial charge < -0.3 is 15.8 Å². The van der Waals surface area contributed by atoms with Crippen LogP contribution in [0.15, 0.2) is 34.7 Å². The number of hydrogen-bond donors (Lipinski definition) is 2. The molecule has 4 rings (SSSR count). The summed E-state index contributed by atoms with van der Waals surface area (Å²) < 4.78 is 5.66. The normalized spacial score (nSPS) is 16.4. The van der Waals surface area contributed by atoms with Gasteiger partial charge in [-0.15, -0.1) is 21.5 Å². The lowest BCUT2D eigenvalue weighted by Crippen LogP contribution is -2.23. The van der Waals surface area contributed by atoms with Gasteiger partial charge >= 0.3 is 5.97 Å². The van der Waals surface area contributed by atoms with Crippen LogP contribution in [0.3, 0.4) is 0 Å². The number of esters is 1. The fraction of sp³-hybridized carbons (Fsp3) is 0.333. The van der Waals surface area contributed by atoms with Crippen molar-refractivity contribution in [2.45, 2.75) is 41.7 Å². The summed E-state index contributed by atoms with van der Waals surface area (Å²) in [6.07, 6.45) is 2.58. The number of nitrogens with two attached hydrogens (primary N) is 1. The molecule has 0 bridgehead atoms. The number of benzene rings is 1. The predicted molar refractivity (Wildman–Crippen MR) is 125 cm³/mol. The third kappa shape index (κ3) is 4.76. The quantitative estimate of drug-likeness (QED) is 0.404. The first-order valence-corrected chi connectivity index (χ1v) is 12.3. The molecule has 0 saturated carbocycles. The first-order chi connectivity index (χ1) is 15.0. The zero-order valence-corrected chi connectivity index (χ0v) is 19.5. The van der Waals surface area contributed by atoms with Crippen molar-refractivity contribution < 1.29 is 14.3 Å². The number of thioether (sulfide) groups is 1. The summed E-state index contributed by atoms with van der Waals surface area (Å²) in [7, 11) is 1.37. The predicted octanol–water partition coefficient (Wildman–Crippen LogP) is 4.36. The second-order valence-corrected chi connectivity index (χ2v) is 10.9. The molecule has 0 spiro atoms. The van der Waals surface area contributed by atoms with E-state index in [4.69, 9.17) is 10.5 Å². The Morgan fingerprint density at radius 2 is 2.03 bits per heavy atom. The number of thiophene rings is 1. The largest absolute Gasteiger partial charge is 0.465 e. The minimum Gasteiger partial charge on any atom is -0.465 e. The second kappa shape index (κ2) is 9.37. The molecule has 162 valence electrons. The van der Waals surface area contributed by atoms with Crippen molar-refractivity contribution in [1.29, 1.82) is 0 Å². The molecule has 1 aliphatic rings. The molecule has 0 aliphatic heterocycles. The lowest BCUT2D eigenvalue weighted by molar-refractivity contribution is -0.115.